The SMILES string of the molecule is CCCCCC(=O)OCCN[C@@H](Cc1ccc(OC(=O)OCCC(C)C)c(OC(=O)OCCC(C)C)c1)C(=O)OC. The molecule has 11 heteroatoms. The standard InChI is InChI=1S/C30H47NO10/c1-7-8-9-10-27(32)37-18-15-31-24(28(33)36-6)19-23-11-12-25(40-29(34)38-16-13-21(2)3)26(20-23)41-30(35)39-17-14-22(4)5/h11-12,20-22,24,31H,7-10,13-19H2,1-6H3/t24-/m0/s1. The Morgan fingerprint density at radius 2 is 1.41 bits per heavy atom. The highest BCUT2D eigenvalue weighted by Crippen LogP contribution is 2.30. The maximum Gasteiger partial charge on any atom is 0.513 e. The highest BCUT2D eigenvalue weighted by atomic mass is 16.7. The van der Waals surface area contributed by atoms with E-state index in [2.05, 4.69) is 12.2 Å². The summed E-state index contributed by atoms with van der Waals surface area (Å²) in [7, 11) is 1.27. The van der Waals surface area contributed by atoms with Crippen molar-refractivity contribution in [1.29, 1.82) is 0 Å². The molecule has 1 aromatic rings. The van der Waals surface area contributed by atoms with E-state index >= 15 is 0 Å². The molecular weight excluding hydrogens is 534 g/mol. The van der Waals surface area contributed by atoms with Crippen LogP contribution in [0.2, 0.25) is 0 Å². The summed E-state index contributed by atoms with van der Waals surface area (Å²) in [5.41, 5.74) is 0.579. The molecule has 0 amide bonds. The van der Waals surface area contributed by atoms with E-state index in [9.17, 15) is 19.2 Å². The Balaban J connectivity index is 2.93. The maximum absolute atomic E-state index is 12.4. The molecule has 0 aliphatic rings. The van der Waals surface area contributed by atoms with E-state index in [0.717, 1.165) is 19.3 Å². The van der Waals surface area contributed by atoms with Crippen molar-refractivity contribution >= 4 is 24.2 Å². The Morgan fingerprint density at radius 3 is 1.98 bits per heavy atom. The van der Waals surface area contributed by atoms with E-state index in [1.807, 2.05) is 27.7 Å². The smallest absolute Gasteiger partial charge is 0.468 e. The summed E-state index contributed by atoms with van der Waals surface area (Å²) in [6.45, 7) is 10.7. The van der Waals surface area contributed by atoms with Crippen LogP contribution in [0.4, 0.5) is 9.59 Å². The Labute approximate surface area is 243 Å². The lowest BCUT2D eigenvalue weighted by molar-refractivity contribution is -0.144. The van der Waals surface area contributed by atoms with Gasteiger partial charge >= 0.3 is 24.2 Å². The van der Waals surface area contributed by atoms with Crippen LogP contribution in [0, 0.1) is 11.8 Å². The summed E-state index contributed by atoms with van der Waals surface area (Å²) in [6, 6.07) is 3.77. The van der Waals surface area contributed by atoms with Crippen molar-refractivity contribution in [3.05, 3.63) is 23.8 Å². The topological polar surface area (TPSA) is 136 Å². The minimum atomic E-state index is -0.954. The molecule has 0 heterocycles. The van der Waals surface area contributed by atoms with E-state index in [1.165, 1.54) is 19.2 Å². The summed E-state index contributed by atoms with van der Waals surface area (Å²) in [5, 5.41) is 3.03. The molecule has 232 valence electrons. The quantitative estimate of drug-likeness (QED) is 0.0945. The van der Waals surface area contributed by atoms with Gasteiger partial charge in [0.2, 0.25) is 0 Å². The van der Waals surface area contributed by atoms with Crippen LogP contribution < -0.4 is 14.8 Å². The molecule has 0 unspecified atom stereocenters. The molecule has 0 saturated heterocycles. The molecule has 0 saturated carbocycles. The maximum atomic E-state index is 12.4. The molecule has 11 nitrogen and oxygen atoms in total. The van der Waals surface area contributed by atoms with Crippen molar-refractivity contribution in [2.45, 2.75) is 85.6 Å². The molecule has 0 aliphatic heterocycles. The normalized spacial score (nSPS) is 11.6. The molecule has 0 spiro atoms. The van der Waals surface area contributed by atoms with Gasteiger partial charge in [-0.05, 0) is 55.2 Å². The molecular formula is C30H47NO10. The third kappa shape index (κ3) is 16.5. The predicted molar refractivity (Wildman–Crippen MR) is 152 cm³/mol. The first kappa shape index (κ1) is 35.7. The van der Waals surface area contributed by atoms with Crippen LogP contribution >= 0.6 is 0 Å². The summed E-state index contributed by atoms with van der Waals surface area (Å²) < 4.78 is 31.0. The second-order valence-corrected chi connectivity index (χ2v) is 10.5. The molecule has 41 heavy (non-hydrogen) atoms. The molecule has 0 fully saturated rings. The third-order valence-corrected chi connectivity index (χ3v) is 5.89. The van der Waals surface area contributed by atoms with Gasteiger partial charge in [0.25, 0.3) is 0 Å². The van der Waals surface area contributed by atoms with E-state index < -0.39 is 24.3 Å². The number of esters is 2. The number of carbonyl (C=O) groups excluding carboxylic acids is 4. The molecule has 0 aliphatic carbocycles. The molecule has 0 aromatic heterocycles. The average molecular weight is 582 g/mol. The van der Waals surface area contributed by atoms with Crippen molar-refractivity contribution in [1.82, 2.24) is 5.32 Å². The van der Waals surface area contributed by atoms with Crippen molar-refractivity contribution in [3.8, 4) is 11.5 Å². The second-order valence-electron chi connectivity index (χ2n) is 10.5. The number of benzene rings is 1. The fourth-order valence-electron chi connectivity index (χ4n) is 3.44. The fourth-order valence-corrected chi connectivity index (χ4v) is 3.44. The lowest BCUT2D eigenvalue weighted by atomic mass is 10.1. The lowest BCUT2D eigenvalue weighted by Crippen LogP contribution is -2.41. The van der Waals surface area contributed by atoms with Crippen LogP contribution in [0.1, 0.15) is 78.7 Å². The molecule has 1 rings (SSSR count). The van der Waals surface area contributed by atoms with Gasteiger partial charge in [-0.3, -0.25) is 9.59 Å². The monoisotopic (exact) mass is 581 g/mol. The first-order valence-electron chi connectivity index (χ1n) is 14.3. The van der Waals surface area contributed by atoms with E-state index in [-0.39, 0.29) is 50.3 Å². The van der Waals surface area contributed by atoms with Gasteiger partial charge in [-0.2, -0.15) is 0 Å². The Hall–Kier alpha value is -3.34. The summed E-state index contributed by atoms with van der Waals surface area (Å²) in [6.07, 6.45) is 2.68. The van der Waals surface area contributed by atoms with Crippen molar-refractivity contribution < 1.29 is 47.6 Å². The summed E-state index contributed by atoms with van der Waals surface area (Å²) in [4.78, 5) is 48.8. The van der Waals surface area contributed by atoms with E-state index in [1.54, 1.807) is 6.07 Å². The Morgan fingerprint density at radius 1 is 0.805 bits per heavy atom. The van der Waals surface area contributed by atoms with E-state index in [0.29, 0.717) is 36.7 Å². The average Bonchev–Trinajstić information content (AvgIpc) is 2.91. The number of unbranched alkanes of at least 4 members (excludes halogenated alkanes) is 2. The first-order chi connectivity index (χ1) is 19.5. The van der Waals surface area contributed by atoms with Gasteiger partial charge in [-0.15, -0.1) is 0 Å². The first-order valence-corrected chi connectivity index (χ1v) is 14.3. The van der Waals surface area contributed by atoms with Crippen LogP contribution in [0.5, 0.6) is 11.5 Å². The molecule has 0 radical (unpaired) electrons. The Bertz CT molecular complexity index is 947. The lowest BCUT2D eigenvalue weighted by Gasteiger charge is -2.18. The fraction of sp³-hybridized carbons (Fsp3) is 0.667. The van der Waals surface area contributed by atoms with Gasteiger partial charge in [0.15, 0.2) is 11.5 Å². The largest absolute Gasteiger partial charge is 0.513 e. The zero-order valence-corrected chi connectivity index (χ0v) is 25.3. The number of hydrogen-bond donors (Lipinski definition) is 1. The van der Waals surface area contributed by atoms with Crippen LogP contribution in [0.25, 0.3) is 0 Å². The zero-order valence-electron chi connectivity index (χ0n) is 25.3. The van der Waals surface area contributed by atoms with Crippen molar-refractivity contribution in [3.63, 3.8) is 0 Å². The van der Waals surface area contributed by atoms with Crippen molar-refractivity contribution in [2.75, 3.05) is 33.5 Å². The van der Waals surface area contributed by atoms with Crippen LogP contribution in [0.15, 0.2) is 18.2 Å². The van der Waals surface area contributed by atoms with Gasteiger partial charge in [0, 0.05) is 13.0 Å². The van der Waals surface area contributed by atoms with Crippen LogP contribution in [-0.4, -0.2) is 63.8 Å². The highest BCUT2D eigenvalue weighted by Gasteiger charge is 2.22. The highest BCUT2D eigenvalue weighted by molar-refractivity contribution is 5.76. The molecule has 1 aromatic carbocycles. The number of hydrogen-bond acceptors (Lipinski definition) is 11. The minimum absolute atomic E-state index is 0.0401. The van der Waals surface area contributed by atoms with E-state index in [4.69, 9.17) is 28.4 Å². The number of nitrogens with one attached hydrogen (secondary N) is 1. The van der Waals surface area contributed by atoms with Crippen molar-refractivity contribution in [2.24, 2.45) is 11.8 Å². The molecule has 0 bridgehead atoms. The zero-order chi connectivity index (χ0) is 30.6. The van der Waals surface area contributed by atoms with Gasteiger partial charge in [0.1, 0.15) is 12.6 Å². The van der Waals surface area contributed by atoms with Gasteiger partial charge in [-0.1, -0.05) is 53.5 Å². The second kappa shape index (κ2) is 20.5. The Kier molecular flexibility index (Phi) is 17.9. The predicted octanol–water partition coefficient (Wildman–Crippen LogP) is 5.61. The van der Waals surface area contributed by atoms with Crippen LogP contribution in [0.3, 0.4) is 0 Å². The number of methoxy groups -OCH3 is 1. The summed E-state index contributed by atoms with van der Waals surface area (Å²) >= 11 is 0. The number of ether oxygens (including phenoxy) is 6. The van der Waals surface area contributed by atoms with Gasteiger partial charge in [-0.25, -0.2) is 9.59 Å². The minimum Gasteiger partial charge on any atom is -0.468 e. The summed E-state index contributed by atoms with van der Waals surface area (Å²) in [5.74, 6) is -0.239. The number of rotatable bonds is 19. The third-order valence-electron chi connectivity index (χ3n) is 5.89. The van der Waals surface area contributed by atoms with Gasteiger partial charge in [0.05, 0.1) is 20.3 Å². The molecule has 1 N–H and O–H groups in total. The van der Waals surface area contributed by atoms with Crippen LogP contribution in [-0.2, 0) is 35.0 Å². The number of carbonyl (C=O) groups is 4. The molecule has 1 atom stereocenters. The van der Waals surface area contributed by atoms with Gasteiger partial charge < -0.3 is 33.7 Å².